The van der Waals surface area contributed by atoms with Crippen molar-refractivity contribution in [1.82, 2.24) is 19.6 Å². The van der Waals surface area contributed by atoms with Gasteiger partial charge < -0.3 is 9.74 Å². The number of guanidine groups is 1. The number of aryl methyl sites for hydroxylation is 2. The molecule has 0 atom stereocenters. The third-order valence-electron chi connectivity index (χ3n) is 4.24. The molecule has 1 aromatic heterocycles. The van der Waals surface area contributed by atoms with Gasteiger partial charge in [0.2, 0.25) is 5.95 Å². The van der Waals surface area contributed by atoms with Gasteiger partial charge in [-0.25, -0.2) is 23.1 Å². The molecule has 0 spiro atoms. The molecule has 10 nitrogen and oxygen atoms in total. The summed E-state index contributed by atoms with van der Waals surface area (Å²) < 4.78 is 28.8. The van der Waals surface area contributed by atoms with E-state index in [0.29, 0.717) is 17.1 Å². The molecule has 3 aromatic rings. The molecule has 0 aliphatic rings. The highest BCUT2D eigenvalue weighted by atomic mass is 32.2. The Morgan fingerprint density at radius 2 is 1.58 bits per heavy atom. The van der Waals surface area contributed by atoms with Crippen LogP contribution >= 0.6 is 0 Å². The van der Waals surface area contributed by atoms with Crippen molar-refractivity contribution in [3.63, 3.8) is 0 Å². The van der Waals surface area contributed by atoms with E-state index in [1.807, 2.05) is 0 Å². The number of para-hydroxylation sites is 1. The summed E-state index contributed by atoms with van der Waals surface area (Å²) in [5.74, 6) is -0.222. The Kier molecular flexibility index (Phi) is 7.23. The Bertz CT molecular complexity index is 1260. The van der Waals surface area contributed by atoms with Gasteiger partial charge in [-0.2, -0.15) is 0 Å². The third kappa shape index (κ3) is 6.26. The fourth-order valence-electron chi connectivity index (χ4n) is 2.84. The van der Waals surface area contributed by atoms with E-state index in [4.69, 9.17) is 4.84 Å². The molecule has 0 bridgehead atoms. The monoisotopic (exact) mass is 468 g/mol. The maximum atomic E-state index is 13.2. The van der Waals surface area contributed by atoms with Crippen molar-refractivity contribution in [2.24, 2.45) is 5.16 Å². The number of nitrogens with one attached hydrogen (secondary N) is 2. The Balaban J connectivity index is 1.98. The largest absolute Gasteiger partial charge is 0.353 e. The van der Waals surface area contributed by atoms with Crippen LogP contribution in [0.3, 0.4) is 0 Å². The van der Waals surface area contributed by atoms with E-state index in [2.05, 4.69) is 25.2 Å². The highest BCUT2D eigenvalue weighted by Crippen LogP contribution is 2.17. The Hall–Kier alpha value is -3.99. The standard InChI is InChI=1S/C22H24N6O4S/c1-15-14-16(2)24-21(23-15)25-22(26-32-17-10-6-5-7-11-17)27-33(30,31)19-13-9-8-12-18(19)20(29)28(3)4/h5-14H,1-4H3,(H2,23,24,25,26,27). The van der Waals surface area contributed by atoms with Gasteiger partial charge in [-0.1, -0.05) is 30.3 Å². The molecular formula is C22H24N6O4S. The van der Waals surface area contributed by atoms with Crippen LogP contribution in [0.4, 0.5) is 5.95 Å². The van der Waals surface area contributed by atoms with E-state index in [-0.39, 0.29) is 22.4 Å². The lowest BCUT2D eigenvalue weighted by Gasteiger charge is -2.16. The number of hydrogen-bond donors (Lipinski definition) is 2. The van der Waals surface area contributed by atoms with Gasteiger partial charge in [0.05, 0.1) is 5.56 Å². The molecule has 2 N–H and O–H groups in total. The lowest BCUT2D eigenvalue weighted by Crippen LogP contribution is -2.38. The van der Waals surface area contributed by atoms with E-state index >= 15 is 0 Å². The average Bonchev–Trinajstić information content (AvgIpc) is 2.76. The average molecular weight is 469 g/mol. The smallest absolute Gasteiger partial charge is 0.265 e. The number of aromatic nitrogens is 2. The normalized spacial score (nSPS) is 11.6. The summed E-state index contributed by atoms with van der Waals surface area (Å²) in [6.45, 7) is 3.56. The molecule has 3 rings (SSSR count). The second-order valence-electron chi connectivity index (χ2n) is 7.24. The van der Waals surface area contributed by atoms with Crippen LogP contribution in [0.15, 0.2) is 70.7 Å². The SMILES string of the molecule is Cc1cc(C)nc(NC(=NOc2ccccc2)NS(=O)(=O)c2ccccc2C(=O)N(C)C)n1. The molecule has 0 aliphatic heterocycles. The maximum absolute atomic E-state index is 13.2. The summed E-state index contributed by atoms with van der Waals surface area (Å²) in [6.07, 6.45) is 0. The molecule has 0 fully saturated rings. The van der Waals surface area contributed by atoms with Crippen LogP contribution in [0.2, 0.25) is 0 Å². The first kappa shape index (κ1) is 23.7. The highest BCUT2D eigenvalue weighted by Gasteiger charge is 2.25. The van der Waals surface area contributed by atoms with Gasteiger partial charge >= 0.3 is 0 Å². The van der Waals surface area contributed by atoms with Gasteiger partial charge in [-0.15, -0.1) is 0 Å². The van der Waals surface area contributed by atoms with Gasteiger partial charge in [-0.05, 0) is 49.3 Å². The van der Waals surface area contributed by atoms with E-state index in [1.54, 1.807) is 70.4 Å². The van der Waals surface area contributed by atoms with Crippen molar-refractivity contribution in [3.05, 3.63) is 77.6 Å². The quantitative estimate of drug-likeness (QED) is 0.323. The van der Waals surface area contributed by atoms with Crippen molar-refractivity contribution in [1.29, 1.82) is 0 Å². The number of oxime groups is 1. The number of benzene rings is 2. The first-order chi connectivity index (χ1) is 15.7. The Morgan fingerprint density at radius 1 is 0.970 bits per heavy atom. The van der Waals surface area contributed by atoms with Crippen molar-refractivity contribution in [3.8, 4) is 5.75 Å². The van der Waals surface area contributed by atoms with E-state index < -0.39 is 15.9 Å². The van der Waals surface area contributed by atoms with E-state index in [9.17, 15) is 13.2 Å². The second-order valence-corrected chi connectivity index (χ2v) is 8.90. The van der Waals surface area contributed by atoms with Crippen LogP contribution in [-0.4, -0.2) is 49.2 Å². The first-order valence-corrected chi connectivity index (χ1v) is 11.4. The van der Waals surface area contributed by atoms with Crippen LogP contribution in [0.25, 0.3) is 0 Å². The van der Waals surface area contributed by atoms with Crippen LogP contribution in [0.5, 0.6) is 5.75 Å². The number of rotatable bonds is 6. The third-order valence-corrected chi connectivity index (χ3v) is 5.64. The fourth-order valence-corrected chi connectivity index (χ4v) is 3.99. The van der Waals surface area contributed by atoms with E-state index in [1.165, 1.54) is 23.1 Å². The molecule has 1 heterocycles. The van der Waals surface area contributed by atoms with Crippen LogP contribution in [0, 0.1) is 13.8 Å². The number of amides is 1. The fraction of sp³-hybridized carbons (Fsp3) is 0.182. The predicted molar refractivity (Wildman–Crippen MR) is 124 cm³/mol. The summed E-state index contributed by atoms with van der Waals surface area (Å²) in [4.78, 5) is 27.5. The zero-order valence-electron chi connectivity index (χ0n) is 18.6. The van der Waals surface area contributed by atoms with Gasteiger partial charge in [0, 0.05) is 25.5 Å². The predicted octanol–water partition coefficient (Wildman–Crippen LogP) is 2.54. The molecule has 0 unspecified atom stereocenters. The minimum absolute atomic E-state index is 0.0148. The lowest BCUT2D eigenvalue weighted by molar-refractivity contribution is 0.0824. The van der Waals surface area contributed by atoms with Gasteiger partial charge in [0.25, 0.3) is 21.9 Å². The maximum Gasteiger partial charge on any atom is 0.265 e. The molecule has 0 aliphatic carbocycles. The molecule has 1 amide bonds. The van der Waals surface area contributed by atoms with Gasteiger partial charge in [0.1, 0.15) is 4.90 Å². The van der Waals surface area contributed by atoms with Crippen LogP contribution in [-0.2, 0) is 10.0 Å². The number of anilines is 1. The molecular weight excluding hydrogens is 444 g/mol. The molecule has 33 heavy (non-hydrogen) atoms. The first-order valence-electron chi connectivity index (χ1n) is 9.88. The number of nitrogens with zero attached hydrogens (tertiary/aromatic N) is 4. The zero-order chi connectivity index (χ0) is 24.0. The lowest BCUT2D eigenvalue weighted by atomic mass is 10.2. The zero-order valence-corrected chi connectivity index (χ0v) is 19.4. The number of carbonyl (C=O) groups excluding carboxylic acids is 1. The van der Waals surface area contributed by atoms with Crippen molar-refractivity contribution in [2.45, 2.75) is 18.7 Å². The topological polar surface area (TPSA) is 126 Å². The molecule has 0 radical (unpaired) electrons. The Labute approximate surface area is 192 Å². The van der Waals surface area contributed by atoms with Crippen LogP contribution in [0.1, 0.15) is 21.7 Å². The highest BCUT2D eigenvalue weighted by molar-refractivity contribution is 7.90. The summed E-state index contributed by atoms with van der Waals surface area (Å²) in [6, 6.07) is 16.3. The molecule has 11 heteroatoms. The summed E-state index contributed by atoms with van der Waals surface area (Å²) in [5, 5.41) is 6.65. The number of hydrogen-bond acceptors (Lipinski definition) is 7. The molecule has 2 aromatic carbocycles. The molecule has 0 saturated heterocycles. The van der Waals surface area contributed by atoms with E-state index in [0.717, 1.165) is 0 Å². The Morgan fingerprint density at radius 3 is 2.21 bits per heavy atom. The van der Waals surface area contributed by atoms with Crippen molar-refractivity contribution < 1.29 is 18.0 Å². The number of carbonyl (C=O) groups is 1. The second kappa shape index (κ2) is 10.1. The molecule has 172 valence electrons. The minimum Gasteiger partial charge on any atom is -0.353 e. The van der Waals surface area contributed by atoms with Crippen molar-refractivity contribution >= 4 is 27.8 Å². The van der Waals surface area contributed by atoms with Gasteiger partial charge in [-0.3, -0.25) is 10.1 Å². The molecule has 0 saturated carbocycles. The van der Waals surface area contributed by atoms with Crippen LogP contribution < -0.4 is 14.9 Å². The summed E-state index contributed by atoms with van der Waals surface area (Å²) in [7, 11) is -1.16. The number of sulfonamides is 1. The minimum atomic E-state index is -4.24. The summed E-state index contributed by atoms with van der Waals surface area (Å²) in [5.41, 5.74) is 1.37. The summed E-state index contributed by atoms with van der Waals surface area (Å²) >= 11 is 0. The van der Waals surface area contributed by atoms with Gasteiger partial charge in [0.15, 0.2) is 5.75 Å². The van der Waals surface area contributed by atoms with Crippen molar-refractivity contribution in [2.75, 3.05) is 19.4 Å².